The van der Waals surface area contributed by atoms with Crippen LogP contribution in [0.3, 0.4) is 0 Å². The number of unbranched alkanes of at least 4 members (excludes halogenated alkanes) is 1. The summed E-state index contributed by atoms with van der Waals surface area (Å²) in [5, 5.41) is 0. The zero-order valence-electron chi connectivity index (χ0n) is 15.4. The van der Waals surface area contributed by atoms with E-state index in [0.717, 1.165) is 17.5 Å². The molecule has 2 amide bonds. The van der Waals surface area contributed by atoms with Gasteiger partial charge in [0.05, 0.1) is 12.6 Å². The maximum Gasteiger partial charge on any atom is 0.416 e. The van der Waals surface area contributed by atoms with Crippen LogP contribution < -0.4 is 0 Å². The maximum absolute atomic E-state index is 12.5. The highest BCUT2D eigenvalue weighted by atomic mass is 16.6. The summed E-state index contributed by atoms with van der Waals surface area (Å²) in [4.78, 5) is 25.8. The summed E-state index contributed by atoms with van der Waals surface area (Å²) in [5.74, 6) is -0.165. The fourth-order valence-electron chi connectivity index (χ4n) is 3.17. The van der Waals surface area contributed by atoms with E-state index in [9.17, 15) is 9.59 Å². The maximum atomic E-state index is 12.5. The Hall–Kier alpha value is -2.66. The second-order valence-electron chi connectivity index (χ2n) is 6.68. The Morgan fingerprint density at radius 2 is 1.67 bits per heavy atom. The quantitative estimate of drug-likeness (QED) is 0.630. The Bertz CT molecular complexity index is 732. The molecular formula is C22H25NO4. The van der Waals surface area contributed by atoms with Crippen LogP contribution in [-0.2, 0) is 27.3 Å². The van der Waals surface area contributed by atoms with Crippen LogP contribution in [0.4, 0.5) is 4.79 Å². The van der Waals surface area contributed by atoms with Gasteiger partial charge in [-0.1, -0.05) is 60.7 Å². The number of ether oxygens (including phenoxy) is 2. The number of rotatable bonds is 9. The number of carbonyl (C=O) groups excluding carboxylic acids is 2. The largest absolute Gasteiger partial charge is 0.447 e. The number of carbonyl (C=O) groups is 2. The summed E-state index contributed by atoms with van der Waals surface area (Å²) < 4.78 is 10.7. The molecule has 0 spiro atoms. The van der Waals surface area contributed by atoms with E-state index < -0.39 is 6.09 Å². The molecule has 142 valence electrons. The minimum absolute atomic E-state index is 0.165. The van der Waals surface area contributed by atoms with Gasteiger partial charge >= 0.3 is 6.09 Å². The van der Waals surface area contributed by atoms with Crippen molar-refractivity contribution in [3.05, 3.63) is 71.8 Å². The van der Waals surface area contributed by atoms with E-state index in [0.29, 0.717) is 32.5 Å². The zero-order chi connectivity index (χ0) is 18.9. The van der Waals surface area contributed by atoms with Crippen molar-refractivity contribution < 1.29 is 19.1 Å². The van der Waals surface area contributed by atoms with E-state index in [1.165, 1.54) is 4.90 Å². The standard InChI is InChI=1S/C22H25NO4/c24-21(13-7-8-14-26-16-19-11-5-2-6-12-19)23-20(17-27-22(23)25)15-18-9-3-1-4-10-18/h1-6,9-12,20H,7-8,13-17H2. The van der Waals surface area contributed by atoms with Gasteiger partial charge in [0.15, 0.2) is 0 Å². The van der Waals surface area contributed by atoms with Crippen LogP contribution in [0.2, 0.25) is 0 Å². The Morgan fingerprint density at radius 1 is 1.00 bits per heavy atom. The van der Waals surface area contributed by atoms with Gasteiger partial charge in [-0.25, -0.2) is 9.69 Å². The average Bonchev–Trinajstić information content (AvgIpc) is 3.06. The van der Waals surface area contributed by atoms with Crippen LogP contribution in [-0.4, -0.2) is 36.2 Å². The Morgan fingerprint density at radius 3 is 2.37 bits per heavy atom. The van der Waals surface area contributed by atoms with E-state index in [-0.39, 0.29) is 18.6 Å². The number of hydrogen-bond donors (Lipinski definition) is 0. The second kappa shape index (κ2) is 9.88. The first-order valence-corrected chi connectivity index (χ1v) is 9.38. The Balaban J connectivity index is 1.39. The summed E-state index contributed by atoms with van der Waals surface area (Å²) in [6, 6.07) is 19.6. The van der Waals surface area contributed by atoms with Gasteiger partial charge in [0.25, 0.3) is 0 Å². The first-order valence-electron chi connectivity index (χ1n) is 9.38. The smallest absolute Gasteiger partial charge is 0.416 e. The lowest BCUT2D eigenvalue weighted by atomic mass is 10.1. The molecule has 1 aliphatic heterocycles. The van der Waals surface area contributed by atoms with Crippen molar-refractivity contribution in [1.29, 1.82) is 0 Å². The molecule has 0 aliphatic carbocycles. The van der Waals surface area contributed by atoms with Crippen molar-refractivity contribution in [3.8, 4) is 0 Å². The van der Waals surface area contributed by atoms with Crippen LogP contribution in [0.25, 0.3) is 0 Å². The monoisotopic (exact) mass is 367 g/mol. The molecule has 0 bridgehead atoms. The lowest BCUT2D eigenvalue weighted by Crippen LogP contribution is -2.40. The molecule has 0 N–H and O–H groups in total. The molecule has 5 nitrogen and oxygen atoms in total. The van der Waals surface area contributed by atoms with E-state index in [2.05, 4.69) is 0 Å². The van der Waals surface area contributed by atoms with Crippen LogP contribution in [0.5, 0.6) is 0 Å². The molecule has 2 aromatic carbocycles. The molecule has 3 rings (SSSR count). The van der Waals surface area contributed by atoms with Gasteiger partial charge in [0.2, 0.25) is 5.91 Å². The van der Waals surface area contributed by atoms with Crippen molar-refractivity contribution in [3.63, 3.8) is 0 Å². The fraction of sp³-hybridized carbons (Fsp3) is 0.364. The van der Waals surface area contributed by atoms with Gasteiger partial charge in [0, 0.05) is 13.0 Å². The van der Waals surface area contributed by atoms with E-state index in [1.54, 1.807) is 0 Å². The topological polar surface area (TPSA) is 55.8 Å². The summed E-state index contributed by atoms with van der Waals surface area (Å²) in [7, 11) is 0. The van der Waals surface area contributed by atoms with E-state index in [4.69, 9.17) is 9.47 Å². The highest BCUT2D eigenvalue weighted by Gasteiger charge is 2.37. The third-order valence-electron chi connectivity index (χ3n) is 4.58. The molecule has 1 fully saturated rings. The number of imide groups is 1. The predicted octanol–water partition coefficient (Wildman–Crippen LogP) is 3.96. The van der Waals surface area contributed by atoms with E-state index >= 15 is 0 Å². The lowest BCUT2D eigenvalue weighted by Gasteiger charge is -2.19. The summed E-state index contributed by atoms with van der Waals surface area (Å²) >= 11 is 0. The van der Waals surface area contributed by atoms with E-state index in [1.807, 2.05) is 60.7 Å². The normalized spacial score (nSPS) is 16.4. The van der Waals surface area contributed by atoms with Crippen LogP contribution >= 0.6 is 0 Å². The highest BCUT2D eigenvalue weighted by molar-refractivity contribution is 5.93. The molecule has 2 aromatic rings. The molecule has 1 saturated heterocycles. The zero-order valence-corrected chi connectivity index (χ0v) is 15.4. The van der Waals surface area contributed by atoms with Crippen molar-refractivity contribution in [2.45, 2.75) is 38.3 Å². The molecule has 1 heterocycles. The number of benzene rings is 2. The van der Waals surface area contributed by atoms with Crippen molar-refractivity contribution >= 4 is 12.0 Å². The second-order valence-corrected chi connectivity index (χ2v) is 6.68. The molecule has 0 radical (unpaired) electrons. The van der Waals surface area contributed by atoms with Gasteiger partial charge < -0.3 is 9.47 Å². The third-order valence-corrected chi connectivity index (χ3v) is 4.58. The minimum atomic E-state index is -0.527. The summed E-state index contributed by atoms with van der Waals surface area (Å²) in [6.07, 6.45) is 1.90. The third kappa shape index (κ3) is 5.66. The van der Waals surface area contributed by atoms with Gasteiger partial charge in [-0.05, 0) is 30.4 Å². The molecule has 27 heavy (non-hydrogen) atoms. The molecular weight excluding hydrogens is 342 g/mol. The molecule has 1 atom stereocenters. The van der Waals surface area contributed by atoms with Crippen molar-refractivity contribution in [2.24, 2.45) is 0 Å². The van der Waals surface area contributed by atoms with Crippen molar-refractivity contribution in [2.75, 3.05) is 13.2 Å². The highest BCUT2D eigenvalue weighted by Crippen LogP contribution is 2.19. The molecule has 1 aliphatic rings. The first kappa shape index (κ1) is 19.1. The molecule has 5 heteroatoms. The van der Waals surface area contributed by atoms with Gasteiger partial charge in [-0.3, -0.25) is 4.79 Å². The van der Waals surface area contributed by atoms with Gasteiger partial charge in [-0.15, -0.1) is 0 Å². The number of hydrogen-bond acceptors (Lipinski definition) is 4. The number of amides is 2. The minimum Gasteiger partial charge on any atom is -0.447 e. The summed E-state index contributed by atoms with van der Waals surface area (Å²) in [6.45, 7) is 1.44. The van der Waals surface area contributed by atoms with Crippen LogP contribution in [0.15, 0.2) is 60.7 Å². The number of cyclic esters (lactones) is 1. The molecule has 1 unspecified atom stereocenters. The van der Waals surface area contributed by atoms with Gasteiger partial charge in [0.1, 0.15) is 6.61 Å². The first-order chi connectivity index (χ1) is 13.2. The lowest BCUT2D eigenvalue weighted by molar-refractivity contribution is -0.129. The van der Waals surface area contributed by atoms with Crippen LogP contribution in [0, 0.1) is 0 Å². The fourth-order valence-corrected chi connectivity index (χ4v) is 3.17. The SMILES string of the molecule is O=C(CCCCOCc1ccccc1)N1C(=O)OCC1Cc1ccccc1. The number of nitrogens with zero attached hydrogens (tertiary/aromatic N) is 1. The van der Waals surface area contributed by atoms with Gasteiger partial charge in [-0.2, -0.15) is 0 Å². The van der Waals surface area contributed by atoms with Crippen LogP contribution in [0.1, 0.15) is 30.4 Å². The van der Waals surface area contributed by atoms with Crippen molar-refractivity contribution in [1.82, 2.24) is 4.90 Å². The Kier molecular flexibility index (Phi) is 6.99. The Labute approximate surface area is 159 Å². The summed E-state index contributed by atoms with van der Waals surface area (Å²) in [5.41, 5.74) is 2.23. The molecule has 0 saturated carbocycles. The average molecular weight is 367 g/mol. The molecule has 0 aromatic heterocycles. The predicted molar refractivity (Wildman–Crippen MR) is 102 cm³/mol.